The van der Waals surface area contributed by atoms with Crippen molar-refractivity contribution in [3.05, 3.63) is 11.9 Å². The normalized spacial score (nSPS) is 28.7. The smallest absolute Gasteiger partial charge is 0.0727 e. The minimum Gasteiger partial charge on any atom is -0.252 e. The molecule has 2 unspecified atom stereocenters. The highest BCUT2D eigenvalue weighted by atomic mass is 79.9. The van der Waals surface area contributed by atoms with Gasteiger partial charge in [0.05, 0.1) is 11.9 Å². The van der Waals surface area contributed by atoms with E-state index < -0.39 is 0 Å². The Morgan fingerprint density at radius 3 is 2.93 bits per heavy atom. The third kappa shape index (κ3) is 2.16. The van der Waals surface area contributed by atoms with Gasteiger partial charge in [-0.15, -0.1) is 5.10 Å². The first-order valence-electron chi connectivity index (χ1n) is 5.26. The van der Waals surface area contributed by atoms with Gasteiger partial charge in [-0.05, 0) is 19.3 Å². The molecule has 0 spiro atoms. The average Bonchev–Trinajstić information content (AvgIpc) is 2.45. The highest BCUT2D eigenvalue weighted by Crippen LogP contribution is 2.33. The van der Waals surface area contributed by atoms with Gasteiger partial charge in [0.25, 0.3) is 0 Å². The number of aromatic nitrogens is 3. The van der Waals surface area contributed by atoms with E-state index in [4.69, 9.17) is 0 Å². The van der Waals surface area contributed by atoms with Crippen LogP contribution in [0.5, 0.6) is 0 Å². The molecule has 0 radical (unpaired) electrons. The number of rotatable bonds is 1. The lowest BCUT2D eigenvalue weighted by molar-refractivity contribution is 0.543. The van der Waals surface area contributed by atoms with Crippen LogP contribution in [0.4, 0.5) is 0 Å². The lowest BCUT2D eigenvalue weighted by Crippen LogP contribution is -2.08. The van der Waals surface area contributed by atoms with Gasteiger partial charge in [-0.3, -0.25) is 4.68 Å². The molecule has 1 aromatic heterocycles. The molecule has 0 amide bonds. The van der Waals surface area contributed by atoms with Crippen LogP contribution < -0.4 is 0 Å². The van der Waals surface area contributed by atoms with Crippen LogP contribution in [0, 0.1) is 0 Å². The maximum atomic E-state index is 4.00. The molecule has 1 fully saturated rings. The van der Waals surface area contributed by atoms with Crippen LogP contribution in [-0.2, 0) is 7.05 Å². The van der Waals surface area contributed by atoms with E-state index in [0.717, 1.165) is 0 Å². The maximum Gasteiger partial charge on any atom is 0.0727 e. The fourth-order valence-electron chi connectivity index (χ4n) is 2.24. The van der Waals surface area contributed by atoms with Crippen molar-refractivity contribution in [1.29, 1.82) is 0 Å². The van der Waals surface area contributed by atoms with Gasteiger partial charge in [0.1, 0.15) is 0 Å². The quantitative estimate of drug-likeness (QED) is 0.572. The predicted octanol–water partition coefficient (Wildman–Crippen LogP) is 2.63. The lowest BCUT2D eigenvalue weighted by atomic mass is 9.97. The summed E-state index contributed by atoms with van der Waals surface area (Å²) in [6.07, 6.45) is 8.40. The Bertz CT molecular complexity index is 297. The molecule has 0 N–H and O–H groups in total. The van der Waals surface area contributed by atoms with Crippen molar-refractivity contribution in [2.75, 3.05) is 0 Å². The molecule has 1 aliphatic carbocycles. The maximum absolute atomic E-state index is 4.00. The van der Waals surface area contributed by atoms with E-state index in [1.165, 1.54) is 37.8 Å². The summed E-state index contributed by atoms with van der Waals surface area (Å²) >= 11 is 3.74. The Kier molecular flexibility index (Phi) is 3.21. The molecule has 0 aromatic carbocycles. The monoisotopic (exact) mass is 257 g/mol. The van der Waals surface area contributed by atoms with Crippen molar-refractivity contribution in [3.63, 3.8) is 0 Å². The average molecular weight is 258 g/mol. The number of nitrogens with zero attached hydrogens (tertiary/aromatic N) is 3. The van der Waals surface area contributed by atoms with E-state index in [1.807, 2.05) is 17.9 Å². The van der Waals surface area contributed by atoms with Crippen LogP contribution >= 0.6 is 15.9 Å². The summed E-state index contributed by atoms with van der Waals surface area (Å²) in [5.41, 5.74) is 1.29. The Morgan fingerprint density at radius 2 is 2.21 bits per heavy atom. The Labute approximate surface area is 93.0 Å². The van der Waals surface area contributed by atoms with Gasteiger partial charge in [0, 0.05) is 17.8 Å². The van der Waals surface area contributed by atoms with E-state index in [-0.39, 0.29) is 0 Å². The molecule has 1 saturated carbocycles. The van der Waals surface area contributed by atoms with Crippen LogP contribution in [0.2, 0.25) is 0 Å². The summed E-state index contributed by atoms with van der Waals surface area (Å²) in [5, 5.41) is 7.95. The molecule has 0 bridgehead atoms. The minimum atomic E-state index is 0.641. The van der Waals surface area contributed by atoms with Gasteiger partial charge in [0.2, 0.25) is 0 Å². The molecular weight excluding hydrogens is 242 g/mol. The van der Waals surface area contributed by atoms with Crippen molar-refractivity contribution >= 4 is 15.9 Å². The Morgan fingerprint density at radius 1 is 1.43 bits per heavy atom. The molecule has 2 rings (SSSR count). The second kappa shape index (κ2) is 4.43. The van der Waals surface area contributed by atoms with Gasteiger partial charge in [-0.1, -0.05) is 34.0 Å². The molecule has 4 heteroatoms. The number of hydrogen-bond donors (Lipinski definition) is 0. The summed E-state index contributed by atoms with van der Waals surface area (Å²) in [6.45, 7) is 0. The van der Waals surface area contributed by atoms with Crippen LogP contribution in [-0.4, -0.2) is 19.8 Å². The first-order valence-corrected chi connectivity index (χ1v) is 6.17. The number of halogens is 1. The first kappa shape index (κ1) is 10.1. The predicted molar refractivity (Wildman–Crippen MR) is 59.5 cm³/mol. The molecule has 0 aliphatic heterocycles. The minimum absolute atomic E-state index is 0.641. The molecular formula is C10H16BrN3. The van der Waals surface area contributed by atoms with Crippen LogP contribution in [0.1, 0.15) is 43.7 Å². The van der Waals surface area contributed by atoms with E-state index in [0.29, 0.717) is 10.7 Å². The van der Waals surface area contributed by atoms with E-state index >= 15 is 0 Å². The zero-order chi connectivity index (χ0) is 9.97. The fraction of sp³-hybridized carbons (Fsp3) is 0.800. The van der Waals surface area contributed by atoms with Gasteiger partial charge in [-0.2, -0.15) is 0 Å². The van der Waals surface area contributed by atoms with Crippen LogP contribution in [0.3, 0.4) is 0 Å². The number of hydrogen-bond acceptors (Lipinski definition) is 2. The molecule has 1 aromatic rings. The highest BCUT2D eigenvalue weighted by Gasteiger charge is 2.22. The summed E-state index contributed by atoms with van der Waals surface area (Å²) in [4.78, 5) is 0.671. The lowest BCUT2D eigenvalue weighted by Gasteiger charge is -2.15. The van der Waals surface area contributed by atoms with Crippen LogP contribution in [0.25, 0.3) is 0 Å². The molecule has 3 nitrogen and oxygen atoms in total. The molecule has 78 valence electrons. The Hall–Kier alpha value is -0.380. The third-order valence-corrected chi connectivity index (χ3v) is 3.86. The third-order valence-electron chi connectivity index (χ3n) is 3.03. The van der Waals surface area contributed by atoms with E-state index in [2.05, 4.69) is 26.2 Å². The number of aryl methyl sites for hydroxylation is 1. The highest BCUT2D eigenvalue weighted by molar-refractivity contribution is 9.09. The van der Waals surface area contributed by atoms with Crippen molar-refractivity contribution < 1.29 is 0 Å². The van der Waals surface area contributed by atoms with Crippen molar-refractivity contribution in [1.82, 2.24) is 15.0 Å². The second-order valence-corrected chi connectivity index (χ2v) is 5.39. The summed E-state index contributed by atoms with van der Waals surface area (Å²) in [7, 11) is 1.98. The Balaban J connectivity index is 2.13. The van der Waals surface area contributed by atoms with E-state index in [9.17, 15) is 0 Å². The van der Waals surface area contributed by atoms with Crippen molar-refractivity contribution in [2.45, 2.75) is 42.8 Å². The van der Waals surface area contributed by atoms with Gasteiger partial charge in [0.15, 0.2) is 0 Å². The molecule has 14 heavy (non-hydrogen) atoms. The van der Waals surface area contributed by atoms with Crippen LogP contribution in [0.15, 0.2) is 6.20 Å². The largest absolute Gasteiger partial charge is 0.252 e. The van der Waals surface area contributed by atoms with Gasteiger partial charge < -0.3 is 0 Å². The number of alkyl halides is 1. The second-order valence-electron chi connectivity index (χ2n) is 4.10. The molecule has 1 heterocycles. The zero-order valence-electron chi connectivity index (χ0n) is 8.49. The van der Waals surface area contributed by atoms with Gasteiger partial charge >= 0.3 is 0 Å². The fourth-order valence-corrected chi connectivity index (χ4v) is 3.01. The summed E-state index contributed by atoms with van der Waals surface area (Å²) < 4.78 is 1.91. The van der Waals surface area contributed by atoms with E-state index in [1.54, 1.807) is 0 Å². The van der Waals surface area contributed by atoms with Gasteiger partial charge in [-0.25, -0.2) is 0 Å². The molecule has 2 atom stereocenters. The van der Waals surface area contributed by atoms with Crippen molar-refractivity contribution in [2.24, 2.45) is 7.05 Å². The summed E-state index contributed by atoms with van der Waals surface area (Å²) in [6, 6.07) is 0. The topological polar surface area (TPSA) is 30.7 Å². The summed E-state index contributed by atoms with van der Waals surface area (Å²) in [5.74, 6) is 0.641. The van der Waals surface area contributed by atoms with Crippen molar-refractivity contribution in [3.8, 4) is 0 Å². The molecule has 1 aliphatic rings. The SMILES string of the molecule is Cn1nncc1C1CCCCC(Br)C1. The first-order chi connectivity index (χ1) is 6.77. The standard InChI is InChI=1S/C10H16BrN3/c1-14-10(7-12-13-14)8-4-2-3-5-9(11)6-8/h7-9H,2-6H2,1H3. The zero-order valence-corrected chi connectivity index (χ0v) is 10.1. The molecule has 0 saturated heterocycles.